The molecule has 0 saturated heterocycles. The highest BCUT2D eigenvalue weighted by Crippen LogP contribution is 2.07. The third-order valence-corrected chi connectivity index (χ3v) is 2.41. The summed E-state index contributed by atoms with van der Waals surface area (Å²) in [6, 6.07) is -0.759. The topological polar surface area (TPSA) is 88.2 Å². The molecule has 0 aliphatic rings. The molecule has 0 aliphatic carbocycles. The third kappa shape index (κ3) is 4.82. The van der Waals surface area contributed by atoms with E-state index in [0.717, 1.165) is 0 Å². The second-order valence-corrected chi connectivity index (χ2v) is 3.77. The maximum absolute atomic E-state index is 11.0. The van der Waals surface area contributed by atoms with Gasteiger partial charge in [0.25, 0.3) is 0 Å². The lowest BCUT2D eigenvalue weighted by atomic mass is 10.2. The minimum Gasteiger partial charge on any atom is -0.480 e. The predicted molar refractivity (Wildman–Crippen MR) is 66.0 cm³/mol. The van der Waals surface area contributed by atoms with Crippen LogP contribution in [-0.2, 0) is 9.53 Å². The van der Waals surface area contributed by atoms with Crippen LogP contribution in [0.1, 0.15) is 6.92 Å². The first-order valence-corrected chi connectivity index (χ1v) is 5.41. The fraction of sp³-hybridized carbons (Fsp3) is 0.778. The molecule has 94 valence electrons. The number of aliphatic carboxylic acids is 1. The van der Waals surface area contributed by atoms with Crippen molar-refractivity contribution >= 4 is 24.4 Å². The van der Waals surface area contributed by atoms with Crippen molar-refractivity contribution in [1.29, 1.82) is 0 Å². The number of hydrogen-bond donors (Lipinski definition) is 3. The lowest BCUT2D eigenvalue weighted by molar-refractivity contribution is -0.145. The van der Waals surface area contributed by atoms with Gasteiger partial charge in [-0.1, -0.05) is 0 Å². The van der Waals surface area contributed by atoms with E-state index in [0.29, 0.717) is 11.6 Å². The SMILES string of the molecule is COC[C@H](C(=O)O)N(C)C(CS)N=C(C)N. The van der Waals surface area contributed by atoms with Crippen LogP contribution in [0.25, 0.3) is 0 Å². The summed E-state index contributed by atoms with van der Waals surface area (Å²) >= 11 is 4.12. The molecular weight excluding hydrogens is 230 g/mol. The van der Waals surface area contributed by atoms with Crippen LogP contribution in [0.3, 0.4) is 0 Å². The molecule has 0 spiro atoms. The van der Waals surface area contributed by atoms with Crippen molar-refractivity contribution < 1.29 is 14.6 Å². The van der Waals surface area contributed by atoms with Crippen molar-refractivity contribution in [3.63, 3.8) is 0 Å². The number of nitrogens with zero attached hydrogens (tertiary/aromatic N) is 2. The number of likely N-dealkylation sites (N-methyl/N-ethyl adjacent to an activating group) is 1. The van der Waals surface area contributed by atoms with E-state index >= 15 is 0 Å². The summed E-state index contributed by atoms with van der Waals surface area (Å²) in [7, 11) is 3.11. The Morgan fingerprint density at radius 2 is 2.25 bits per heavy atom. The summed E-state index contributed by atoms with van der Waals surface area (Å²) in [6.07, 6.45) is -0.371. The average Bonchev–Trinajstić information content (AvgIpc) is 2.20. The van der Waals surface area contributed by atoms with Gasteiger partial charge in [0, 0.05) is 12.9 Å². The van der Waals surface area contributed by atoms with E-state index in [9.17, 15) is 4.79 Å². The number of thiol groups is 1. The number of rotatable bonds is 7. The summed E-state index contributed by atoms with van der Waals surface area (Å²) in [5.74, 6) is -0.174. The summed E-state index contributed by atoms with van der Waals surface area (Å²) in [6.45, 7) is 1.74. The average molecular weight is 249 g/mol. The molecule has 0 radical (unpaired) electrons. The van der Waals surface area contributed by atoms with Gasteiger partial charge >= 0.3 is 5.97 Å². The van der Waals surface area contributed by atoms with Crippen LogP contribution in [0, 0.1) is 0 Å². The van der Waals surface area contributed by atoms with Gasteiger partial charge in [-0.25, -0.2) is 0 Å². The molecule has 2 atom stereocenters. The Balaban J connectivity index is 4.74. The van der Waals surface area contributed by atoms with Crippen molar-refractivity contribution in [2.75, 3.05) is 26.5 Å². The van der Waals surface area contributed by atoms with E-state index in [1.165, 1.54) is 7.11 Å². The minimum absolute atomic E-state index is 0.0925. The van der Waals surface area contributed by atoms with Crippen LogP contribution < -0.4 is 5.73 Å². The quantitative estimate of drug-likeness (QED) is 0.326. The maximum atomic E-state index is 11.0. The number of hydrogen-bond acceptors (Lipinski definition) is 5. The molecule has 0 aliphatic heterocycles. The standard InChI is InChI=1S/C9H19N3O3S/c1-6(10)11-8(5-16)12(2)7(4-15-3)9(13)14/h7-8,16H,4-5H2,1-3H3,(H2,10,11)(H,13,14)/t7-,8?/m1/s1. The Morgan fingerprint density at radius 1 is 1.69 bits per heavy atom. The fourth-order valence-electron chi connectivity index (χ4n) is 1.22. The molecule has 0 fully saturated rings. The van der Waals surface area contributed by atoms with Crippen molar-refractivity contribution in [2.24, 2.45) is 10.7 Å². The largest absolute Gasteiger partial charge is 0.480 e. The first-order chi connectivity index (χ1) is 7.43. The molecule has 3 N–H and O–H groups in total. The number of nitrogens with two attached hydrogens (primary N) is 1. The van der Waals surface area contributed by atoms with E-state index in [2.05, 4.69) is 17.6 Å². The molecule has 6 nitrogen and oxygen atoms in total. The lowest BCUT2D eigenvalue weighted by Gasteiger charge is -2.29. The van der Waals surface area contributed by atoms with Crippen molar-refractivity contribution in [2.45, 2.75) is 19.1 Å². The number of aliphatic imine (C=N–C) groups is 1. The molecule has 0 aromatic heterocycles. The monoisotopic (exact) mass is 249 g/mol. The zero-order valence-corrected chi connectivity index (χ0v) is 10.6. The highest BCUT2D eigenvalue weighted by molar-refractivity contribution is 7.80. The first kappa shape index (κ1) is 15.2. The Labute approximate surface area is 101 Å². The normalized spacial score (nSPS) is 16.2. The first-order valence-electron chi connectivity index (χ1n) is 4.78. The fourth-order valence-corrected chi connectivity index (χ4v) is 1.56. The van der Waals surface area contributed by atoms with E-state index in [1.54, 1.807) is 18.9 Å². The summed E-state index contributed by atoms with van der Waals surface area (Å²) in [4.78, 5) is 16.7. The van der Waals surface area contributed by atoms with Gasteiger partial charge in [-0.05, 0) is 14.0 Å². The minimum atomic E-state index is -0.957. The van der Waals surface area contributed by atoms with Crippen molar-refractivity contribution in [3.8, 4) is 0 Å². The molecule has 0 bridgehead atoms. The number of methoxy groups -OCH3 is 1. The van der Waals surface area contributed by atoms with E-state index < -0.39 is 12.0 Å². The van der Waals surface area contributed by atoms with Gasteiger partial charge in [0.2, 0.25) is 0 Å². The molecule has 0 rings (SSSR count). The molecule has 0 amide bonds. The van der Waals surface area contributed by atoms with Gasteiger partial charge in [0.05, 0.1) is 12.4 Å². The Hall–Kier alpha value is -0.790. The predicted octanol–water partition coefficient (Wildman–Crippen LogP) is -0.349. The van der Waals surface area contributed by atoms with Gasteiger partial charge in [-0.3, -0.25) is 14.7 Å². The highest BCUT2D eigenvalue weighted by Gasteiger charge is 2.27. The number of carboxylic acid groups (broad SMARTS) is 1. The molecule has 16 heavy (non-hydrogen) atoms. The van der Waals surface area contributed by atoms with Gasteiger partial charge in [-0.15, -0.1) is 0 Å². The molecule has 0 heterocycles. The van der Waals surface area contributed by atoms with Crippen LogP contribution in [0.4, 0.5) is 0 Å². The van der Waals surface area contributed by atoms with Crippen LogP contribution in [-0.4, -0.2) is 60.5 Å². The van der Waals surface area contributed by atoms with Crippen LogP contribution >= 0.6 is 12.6 Å². The number of carboxylic acids is 1. The van der Waals surface area contributed by atoms with Crippen LogP contribution in [0.15, 0.2) is 4.99 Å². The van der Waals surface area contributed by atoms with Gasteiger partial charge in [-0.2, -0.15) is 12.6 Å². The molecule has 7 heteroatoms. The van der Waals surface area contributed by atoms with E-state index in [1.807, 2.05) is 0 Å². The molecule has 0 aromatic rings. The second-order valence-electron chi connectivity index (χ2n) is 3.41. The summed E-state index contributed by atoms with van der Waals surface area (Å²) in [5, 5.41) is 9.03. The van der Waals surface area contributed by atoms with Gasteiger partial charge in [0.1, 0.15) is 12.2 Å². The smallest absolute Gasteiger partial charge is 0.323 e. The number of carbonyl (C=O) groups is 1. The molecule has 0 aromatic carbocycles. The molecule has 0 saturated carbocycles. The highest BCUT2D eigenvalue weighted by atomic mass is 32.1. The summed E-state index contributed by atoms with van der Waals surface area (Å²) < 4.78 is 4.86. The van der Waals surface area contributed by atoms with Crippen LogP contribution in [0.5, 0.6) is 0 Å². The Kier molecular flexibility index (Phi) is 7.11. The zero-order valence-electron chi connectivity index (χ0n) is 9.75. The summed E-state index contributed by atoms with van der Waals surface area (Å²) in [5.41, 5.74) is 5.47. The van der Waals surface area contributed by atoms with E-state index in [-0.39, 0.29) is 12.8 Å². The van der Waals surface area contributed by atoms with Crippen LogP contribution in [0.2, 0.25) is 0 Å². The third-order valence-electron chi connectivity index (χ3n) is 2.09. The van der Waals surface area contributed by atoms with E-state index in [4.69, 9.17) is 15.6 Å². The zero-order chi connectivity index (χ0) is 12.7. The second kappa shape index (κ2) is 7.48. The maximum Gasteiger partial charge on any atom is 0.323 e. The Bertz CT molecular complexity index is 256. The number of ether oxygens (including phenoxy) is 1. The van der Waals surface area contributed by atoms with Gasteiger partial charge < -0.3 is 15.6 Å². The Morgan fingerprint density at radius 3 is 2.56 bits per heavy atom. The molecular formula is C9H19N3O3S. The van der Waals surface area contributed by atoms with Crippen molar-refractivity contribution in [3.05, 3.63) is 0 Å². The number of amidine groups is 1. The van der Waals surface area contributed by atoms with Crippen molar-refractivity contribution in [1.82, 2.24) is 4.90 Å². The lowest BCUT2D eigenvalue weighted by Crippen LogP contribution is -2.48. The molecule has 1 unspecified atom stereocenters. The van der Waals surface area contributed by atoms with Gasteiger partial charge in [0.15, 0.2) is 0 Å².